The predicted octanol–water partition coefficient (Wildman–Crippen LogP) is 2.40. The molecule has 3 rings (SSSR count). The van der Waals surface area contributed by atoms with E-state index in [2.05, 4.69) is 9.97 Å². The molecule has 5 heteroatoms. The second kappa shape index (κ2) is 5.20. The van der Waals surface area contributed by atoms with E-state index in [9.17, 15) is 4.79 Å². The van der Waals surface area contributed by atoms with Gasteiger partial charge in [-0.3, -0.25) is 14.8 Å². The number of nitrogens with two attached hydrogens (primary N) is 1. The SMILES string of the molecule is COc1ccc2ncc(-c3cccnc3C(N)=O)cc2c1. The monoisotopic (exact) mass is 279 g/mol. The van der Waals surface area contributed by atoms with E-state index in [0.717, 1.165) is 22.2 Å². The van der Waals surface area contributed by atoms with Crippen LogP contribution in [0.25, 0.3) is 22.0 Å². The van der Waals surface area contributed by atoms with Crippen molar-refractivity contribution >= 4 is 16.8 Å². The molecule has 0 spiro atoms. The summed E-state index contributed by atoms with van der Waals surface area (Å²) in [7, 11) is 1.62. The van der Waals surface area contributed by atoms with Crippen LogP contribution in [0.4, 0.5) is 0 Å². The fourth-order valence-electron chi connectivity index (χ4n) is 2.22. The van der Waals surface area contributed by atoms with Crippen molar-refractivity contribution in [3.63, 3.8) is 0 Å². The van der Waals surface area contributed by atoms with E-state index in [1.807, 2.05) is 24.3 Å². The van der Waals surface area contributed by atoms with Crippen molar-refractivity contribution in [3.05, 3.63) is 54.5 Å². The fraction of sp³-hybridized carbons (Fsp3) is 0.0625. The summed E-state index contributed by atoms with van der Waals surface area (Å²) in [6.45, 7) is 0. The van der Waals surface area contributed by atoms with Gasteiger partial charge in [-0.05, 0) is 30.3 Å². The van der Waals surface area contributed by atoms with Crippen molar-refractivity contribution in [3.8, 4) is 16.9 Å². The van der Waals surface area contributed by atoms with E-state index in [4.69, 9.17) is 10.5 Å². The molecule has 1 aromatic carbocycles. The molecule has 2 N–H and O–H groups in total. The van der Waals surface area contributed by atoms with Gasteiger partial charge in [-0.2, -0.15) is 0 Å². The first kappa shape index (κ1) is 13.1. The third-order valence-electron chi connectivity index (χ3n) is 3.24. The summed E-state index contributed by atoms with van der Waals surface area (Å²) < 4.78 is 5.22. The van der Waals surface area contributed by atoms with Crippen LogP contribution in [0.15, 0.2) is 48.8 Å². The summed E-state index contributed by atoms with van der Waals surface area (Å²) in [5.41, 5.74) is 7.92. The van der Waals surface area contributed by atoms with Crippen molar-refractivity contribution in [2.75, 3.05) is 7.11 Å². The lowest BCUT2D eigenvalue weighted by atomic mass is 10.0. The van der Waals surface area contributed by atoms with Crippen LogP contribution in [0.2, 0.25) is 0 Å². The first-order valence-corrected chi connectivity index (χ1v) is 6.38. The Morgan fingerprint density at radius 1 is 1.19 bits per heavy atom. The molecule has 0 aliphatic carbocycles. The van der Waals surface area contributed by atoms with Crippen LogP contribution in [-0.4, -0.2) is 23.0 Å². The Hall–Kier alpha value is -2.95. The molecule has 0 saturated carbocycles. The van der Waals surface area contributed by atoms with Gasteiger partial charge in [-0.1, -0.05) is 6.07 Å². The van der Waals surface area contributed by atoms with Gasteiger partial charge in [0.2, 0.25) is 0 Å². The summed E-state index contributed by atoms with van der Waals surface area (Å²) in [6, 6.07) is 11.1. The number of carbonyl (C=O) groups excluding carboxylic acids is 1. The standard InChI is InChI=1S/C16H13N3O2/c1-21-12-4-5-14-10(8-12)7-11(9-19-14)13-3-2-6-18-15(13)16(17)20/h2-9H,1H3,(H2,17,20). The maximum atomic E-state index is 11.5. The lowest BCUT2D eigenvalue weighted by Crippen LogP contribution is -2.14. The zero-order valence-corrected chi connectivity index (χ0v) is 11.4. The number of amides is 1. The molecule has 0 bridgehead atoms. The topological polar surface area (TPSA) is 78.1 Å². The molecule has 0 saturated heterocycles. The number of benzene rings is 1. The van der Waals surface area contributed by atoms with Crippen LogP contribution in [0.3, 0.4) is 0 Å². The second-order valence-corrected chi connectivity index (χ2v) is 4.55. The Morgan fingerprint density at radius 3 is 2.81 bits per heavy atom. The van der Waals surface area contributed by atoms with Crippen molar-refractivity contribution in [1.82, 2.24) is 9.97 Å². The fourth-order valence-corrected chi connectivity index (χ4v) is 2.22. The number of primary amides is 1. The van der Waals surface area contributed by atoms with Crippen LogP contribution in [-0.2, 0) is 0 Å². The molecule has 21 heavy (non-hydrogen) atoms. The summed E-state index contributed by atoms with van der Waals surface area (Å²) in [5, 5.41) is 0.922. The number of pyridine rings is 2. The van der Waals surface area contributed by atoms with Gasteiger partial charge in [0.15, 0.2) is 0 Å². The Labute approximate surface area is 121 Å². The van der Waals surface area contributed by atoms with Crippen LogP contribution >= 0.6 is 0 Å². The molecule has 0 atom stereocenters. The van der Waals surface area contributed by atoms with Crippen molar-refractivity contribution in [1.29, 1.82) is 0 Å². The van der Waals surface area contributed by atoms with E-state index in [1.165, 1.54) is 0 Å². The summed E-state index contributed by atoms with van der Waals surface area (Å²) in [4.78, 5) is 19.9. The summed E-state index contributed by atoms with van der Waals surface area (Å²) >= 11 is 0. The van der Waals surface area contributed by atoms with Crippen LogP contribution in [0.1, 0.15) is 10.5 Å². The highest BCUT2D eigenvalue weighted by Gasteiger charge is 2.11. The summed E-state index contributed by atoms with van der Waals surface area (Å²) in [5.74, 6) is 0.194. The molecule has 2 aromatic heterocycles. The number of rotatable bonds is 3. The van der Waals surface area contributed by atoms with Crippen LogP contribution < -0.4 is 10.5 Å². The molecule has 0 aliphatic heterocycles. The molecule has 3 aromatic rings. The number of hydrogen-bond donors (Lipinski definition) is 1. The molecule has 0 aliphatic rings. The normalized spacial score (nSPS) is 10.5. The quantitative estimate of drug-likeness (QED) is 0.798. The zero-order chi connectivity index (χ0) is 14.8. The number of ether oxygens (including phenoxy) is 1. The first-order chi connectivity index (χ1) is 10.2. The second-order valence-electron chi connectivity index (χ2n) is 4.55. The highest BCUT2D eigenvalue weighted by Crippen LogP contribution is 2.26. The van der Waals surface area contributed by atoms with Gasteiger partial charge in [-0.15, -0.1) is 0 Å². The van der Waals surface area contributed by atoms with Crippen molar-refractivity contribution < 1.29 is 9.53 Å². The van der Waals surface area contributed by atoms with Crippen molar-refractivity contribution in [2.24, 2.45) is 5.73 Å². The van der Waals surface area contributed by atoms with Gasteiger partial charge in [0, 0.05) is 28.9 Å². The lowest BCUT2D eigenvalue weighted by Gasteiger charge is -2.07. The average Bonchev–Trinajstić information content (AvgIpc) is 2.53. The molecular weight excluding hydrogens is 266 g/mol. The maximum absolute atomic E-state index is 11.5. The molecule has 2 heterocycles. The first-order valence-electron chi connectivity index (χ1n) is 6.38. The number of fused-ring (bicyclic) bond motifs is 1. The van der Waals surface area contributed by atoms with Gasteiger partial charge < -0.3 is 10.5 Å². The van der Waals surface area contributed by atoms with Gasteiger partial charge in [0.1, 0.15) is 11.4 Å². The summed E-state index contributed by atoms with van der Waals surface area (Å²) in [6.07, 6.45) is 3.25. The highest BCUT2D eigenvalue weighted by molar-refractivity contribution is 5.98. The molecular formula is C16H13N3O2. The van der Waals surface area contributed by atoms with Gasteiger partial charge in [-0.25, -0.2) is 0 Å². The highest BCUT2D eigenvalue weighted by atomic mass is 16.5. The van der Waals surface area contributed by atoms with E-state index in [0.29, 0.717) is 5.56 Å². The minimum atomic E-state index is -0.559. The molecule has 0 fully saturated rings. The molecule has 5 nitrogen and oxygen atoms in total. The maximum Gasteiger partial charge on any atom is 0.267 e. The van der Waals surface area contributed by atoms with E-state index in [1.54, 1.807) is 31.6 Å². The Kier molecular flexibility index (Phi) is 3.23. The smallest absolute Gasteiger partial charge is 0.267 e. The van der Waals surface area contributed by atoms with E-state index >= 15 is 0 Å². The third-order valence-corrected chi connectivity index (χ3v) is 3.24. The van der Waals surface area contributed by atoms with E-state index < -0.39 is 5.91 Å². The largest absolute Gasteiger partial charge is 0.497 e. The zero-order valence-electron chi connectivity index (χ0n) is 11.4. The third kappa shape index (κ3) is 2.41. The van der Waals surface area contributed by atoms with Gasteiger partial charge in [0.25, 0.3) is 5.91 Å². The van der Waals surface area contributed by atoms with Crippen LogP contribution in [0.5, 0.6) is 5.75 Å². The number of hydrogen-bond acceptors (Lipinski definition) is 4. The van der Waals surface area contributed by atoms with Gasteiger partial charge >= 0.3 is 0 Å². The Bertz CT molecular complexity index is 831. The molecule has 0 radical (unpaired) electrons. The van der Waals surface area contributed by atoms with E-state index in [-0.39, 0.29) is 5.69 Å². The van der Waals surface area contributed by atoms with Crippen molar-refractivity contribution in [2.45, 2.75) is 0 Å². The predicted molar refractivity (Wildman–Crippen MR) is 80.0 cm³/mol. The minimum absolute atomic E-state index is 0.238. The Morgan fingerprint density at radius 2 is 2.05 bits per heavy atom. The average molecular weight is 279 g/mol. The number of carbonyl (C=O) groups is 1. The Balaban J connectivity index is 2.19. The number of nitrogens with zero attached hydrogens (tertiary/aromatic N) is 2. The number of aromatic nitrogens is 2. The molecule has 104 valence electrons. The minimum Gasteiger partial charge on any atom is -0.497 e. The molecule has 0 unspecified atom stereocenters. The molecule has 1 amide bonds. The lowest BCUT2D eigenvalue weighted by molar-refractivity contribution is 0.0996. The van der Waals surface area contributed by atoms with Crippen LogP contribution in [0, 0.1) is 0 Å². The van der Waals surface area contributed by atoms with Gasteiger partial charge in [0.05, 0.1) is 12.6 Å². The number of methoxy groups -OCH3 is 1.